The van der Waals surface area contributed by atoms with Crippen molar-refractivity contribution in [3.05, 3.63) is 0 Å². The first kappa shape index (κ1) is 66.1. The van der Waals surface area contributed by atoms with Crippen molar-refractivity contribution in [2.75, 3.05) is 52.7 Å². The summed E-state index contributed by atoms with van der Waals surface area (Å²) in [6.07, 6.45) is 1.18. The lowest BCUT2D eigenvalue weighted by atomic mass is 10.1. The highest BCUT2D eigenvalue weighted by Gasteiger charge is 2.35. The first-order valence-corrected chi connectivity index (χ1v) is 22.9. The van der Waals surface area contributed by atoms with E-state index in [9.17, 15) is 83.4 Å². The molecule has 27 N–H and O–H groups in total. The molecule has 33 nitrogen and oxygen atoms in total. The van der Waals surface area contributed by atoms with Gasteiger partial charge in [0, 0.05) is 6.54 Å². The van der Waals surface area contributed by atoms with E-state index in [1.165, 1.54) is 0 Å². The number of carboxylic acids is 1. The van der Waals surface area contributed by atoms with Crippen LogP contribution in [0, 0.1) is 0 Å². The molecule has 0 saturated heterocycles. The summed E-state index contributed by atoms with van der Waals surface area (Å²) >= 11 is 0. The Hall–Kier alpha value is -6.88. The van der Waals surface area contributed by atoms with Crippen molar-refractivity contribution in [2.24, 2.45) is 39.4 Å². The highest BCUT2D eigenvalue weighted by molar-refractivity contribution is 5.99. The third-order valence-electron chi connectivity index (χ3n) is 10.3. The lowest BCUT2D eigenvalue weighted by Gasteiger charge is -2.26. The van der Waals surface area contributed by atoms with Crippen LogP contribution in [-0.2, 0) is 52.7 Å². The normalized spacial score (nSPS) is 15.0. The molecule has 33 heteroatoms. The second-order valence-corrected chi connectivity index (χ2v) is 16.3. The Morgan fingerprint density at radius 2 is 0.753 bits per heavy atom. The molecule has 10 atom stereocenters. The Kier molecular flexibility index (Phi) is 32.7. The number of nitrogens with one attached hydrogen (secondary N) is 9. The minimum Gasteiger partial charge on any atom is -0.480 e. The molecule has 0 heterocycles. The molecule has 0 spiro atoms. The highest BCUT2D eigenvalue weighted by Crippen LogP contribution is 2.06. The number of nitrogens with two attached hydrogens (primary N) is 6. The van der Waals surface area contributed by atoms with Crippen LogP contribution >= 0.6 is 0 Å². The van der Waals surface area contributed by atoms with E-state index in [0.29, 0.717) is 32.2 Å². The molecule has 10 amide bonds. The smallest absolute Gasteiger partial charge is 0.326 e. The van der Waals surface area contributed by atoms with Gasteiger partial charge in [0.15, 0.2) is 5.96 Å². The number of carbonyl (C=O) groups is 11. The third kappa shape index (κ3) is 25.9. The van der Waals surface area contributed by atoms with E-state index >= 15 is 0 Å². The van der Waals surface area contributed by atoms with Crippen LogP contribution in [0.25, 0.3) is 0 Å². The van der Waals surface area contributed by atoms with Crippen molar-refractivity contribution in [3.63, 3.8) is 0 Å². The number of aliphatic imine (C=N–C) groups is 1. The Morgan fingerprint density at radius 1 is 0.425 bits per heavy atom. The van der Waals surface area contributed by atoms with Crippen molar-refractivity contribution < 1.29 is 83.4 Å². The second-order valence-electron chi connectivity index (χ2n) is 16.3. The molecule has 0 aliphatic rings. The van der Waals surface area contributed by atoms with Gasteiger partial charge in [-0.1, -0.05) is 6.42 Å². The molecule has 0 aliphatic carbocycles. The van der Waals surface area contributed by atoms with Crippen molar-refractivity contribution in [3.8, 4) is 0 Å². The van der Waals surface area contributed by atoms with Crippen LogP contribution in [0.3, 0.4) is 0 Å². The number of rotatable bonds is 38. The Labute approximate surface area is 418 Å². The van der Waals surface area contributed by atoms with Crippen LogP contribution in [0.1, 0.15) is 64.7 Å². The van der Waals surface area contributed by atoms with Gasteiger partial charge >= 0.3 is 5.97 Å². The zero-order valence-corrected chi connectivity index (χ0v) is 40.4. The Bertz CT molecular complexity index is 1880. The second kappa shape index (κ2) is 36.1. The lowest BCUT2D eigenvalue weighted by Crippen LogP contribution is -2.62. The van der Waals surface area contributed by atoms with E-state index in [1.54, 1.807) is 0 Å². The van der Waals surface area contributed by atoms with E-state index in [-0.39, 0.29) is 44.7 Å². The number of aliphatic carboxylic acids is 1. The average Bonchev–Trinajstić information content (AvgIpc) is 3.34. The quantitative estimate of drug-likeness (QED) is 0.0155. The highest BCUT2D eigenvalue weighted by atomic mass is 16.4. The summed E-state index contributed by atoms with van der Waals surface area (Å²) in [5.41, 5.74) is 32.6. The zero-order valence-electron chi connectivity index (χ0n) is 40.4. The van der Waals surface area contributed by atoms with Crippen LogP contribution in [0.4, 0.5) is 0 Å². The molecule has 0 radical (unpaired) electrons. The van der Waals surface area contributed by atoms with Crippen molar-refractivity contribution >= 4 is 71.0 Å². The molecule has 0 unspecified atom stereocenters. The summed E-state index contributed by atoms with van der Waals surface area (Å²) in [6, 6.07) is -16.5. The van der Waals surface area contributed by atoms with Gasteiger partial charge in [-0.15, -0.1) is 0 Å². The molecular formula is C40H74N16O17. The largest absolute Gasteiger partial charge is 0.480 e. The number of aliphatic hydroxyl groups excluding tert-OH is 5. The minimum atomic E-state index is -1.94. The first-order chi connectivity index (χ1) is 34.4. The summed E-state index contributed by atoms with van der Waals surface area (Å²) in [4.78, 5) is 145. The number of hydrogen-bond donors (Lipinski definition) is 21. The Balaban J connectivity index is 5.71. The van der Waals surface area contributed by atoms with Gasteiger partial charge in [0.05, 0.1) is 45.5 Å². The van der Waals surface area contributed by atoms with Crippen LogP contribution < -0.4 is 82.3 Å². The SMILES string of the molecule is C[C@H](NC(=O)[C@H](CO)NC(=O)[C@H](CO)NC(=O)[C@H](CO)NC(=O)[C@H](CO)NC(=O)[C@H](CC(N)=O)NC(=O)[C@@H](N)CCCCN)C(=O)N[C@@H](CO)C(=O)N[C@@H](CCCCN)C(=O)N[C@@H](CCCN=C(N)N)C(=O)O. The van der Waals surface area contributed by atoms with Gasteiger partial charge in [-0.05, 0) is 65.0 Å². The molecule has 73 heavy (non-hydrogen) atoms. The number of carboxylic acid groups (broad SMARTS) is 1. The van der Waals surface area contributed by atoms with Crippen molar-refractivity contribution in [1.29, 1.82) is 0 Å². The summed E-state index contributed by atoms with van der Waals surface area (Å²) in [5, 5.41) is 78.5. The van der Waals surface area contributed by atoms with Crippen LogP contribution in [-0.4, -0.2) is 215 Å². The van der Waals surface area contributed by atoms with E-state index in [1.807, 2.05) is 16.0 Å². The summed E-state index contributed by atoms with van der Waals surface area (Å²) in [6.45, 7) is -3.93. The van der Waals surface area contributed by atoms with Gasteiger partial charge in [0.2, 0.25) is 59.1 Å². The van der Waals surface area contributed by atoms with Gasteiger partial charge < -0.3 is 113 Å². The summed E-state index contributed by atoms with van der Waals surface area (Å²) in [7, 11) is 0. The average molecular weight is 1050 g/mol. The molecule has 0 rings (SSSR count). The van der Waals surface area contributed by atoms with E-state index in [4.69, 9.17) is 34.4 Å². The molecular weight excluding hydrogens is 977 g/mol. The van der Waals surface area contributed by atoms with E-state index in [2.05, 4.69) is 36.9 Å². The fourth-order valence-corrected chi connectivity index (χ4v) is 6.13. The van der Waals surface area contributed by atoms with Crippen LogP contribution in [0.5, 0.6) is 0 Å². The fourth-order valence-electron chi connectivity index (χ4n) is 6.13. The topological polar surface area (TPSA) is 586 Å². The molecule has 416 valence electrons. The number of carbonyl (C=O) groups excluding carboxylic acids is 10. The molecule has 0 saturated carbocycles. The standard InChI is InChI=1S/C40H74N16O17/c1-19(30(63)52-25(15-58)35(68)49-21(8-3-5-11-42)32(65)50-22(39(72)73)9-6-12-47-40(45)46)48-34(67)24(14-57)54-37(70)27(17-60)56-38(71)28(18-61)55-36(69)26(16-59)53-33(66)23(13-29(44)62)51-31(64)20(43)7-2-4-10-41/h19-28,57-61H,2-18,41-43H2,1H3,(H2,44,62)(H,48,67)(H,49,68)(H,50,65)(H,51,64)(H,52,63)(H,53,66)(H,54,70)(H,55,69)(H,56,71)(H,72,73)(H4,45,46,47)/t19-,20-,21-,22-,23-,24-,25-,26-,27-,28-/m0/s1. The molecule has 0 bridgehead atoms. The third-order valence-corrected chi connectivity index (χ3v) is 10.3. The van der Waals surface area contributed by atoms with Gasteiger partial charge in [-0.2, -0.15) is 0 Å². The number of hydrogen-bond acceptors (Lipinski definition) is 20. The lowest BCUT2D eigenvalue weighted by molar-refractivity contribution is -0.142. The predicted molar refractivity (Wildman–Crippen MR) is 254 cm³/mol. The van der Waals surface area contributed by atoms with Gasteiger partial charge in [0.1, 0.15) is 54.4 Å². The maximum absolute atomic E-state index is 13.2. The maximum Gasteiger partial charge on any atom is 0.326 e. The number of amides is 10. The zero-order chi connectivity index (χ0) is 55.8. The maximum atomic E-state index is 13.2. The molecule has 0 aromatic rings. The summed E-state index contributed by atoms with van der Waals surface area (Å²) in [5.74, 6) is -13.0. The fraction of sp³-hybridized carbons (Fsp3) is 0.700. The van der Waals surface area contributed by atoms with E-state index in [0.717, 1.165) is 6.92 Å². The van der Waals surface area contributed by atoms with E-state index < -0.39 is 165 Å². The number of primary amides is 1. The predicted octanol–water partition coefficient (Wildman–Crippen LogP) is -12.1. The van der Waals surface area contributed by atoms with Gasteiger partial charge in [-0.3, -0.25) is 52.9 Å². The molecule has 0 fully saturated rings. The van der Waals surface area contributed by atoms with Crippen molar-refractivity contribution in [2.45, 2.75) is 125 Å². The first-order valence-electron chi connectivity index (χ1n) is 22.9. The number of nitrogens with zero attached hydrogens (tertiary/aromatic N) is 1. The van der Waals surface area contributed by atoms with Crippen molar-refractivity contribution in [1.82, 2.24) is 47.9 Å². The number of guanidine groups is 1. The summed E-state index contributed by atoms with van der Waals surface area (Å²) < 4.78 is 0. The van der Waals surface area contributed by atoms with Gasteiger partial charge in [0.25, 0.3) is 0 Å². The molecule has 0 aromatic heterocycles. The number of unbranched alkanes of at least 4 members (excludes halogenated alkanes) is 2. The van der Waals surface area contributed by atoms with Gasteiger partial charge in [-0.25, -0.2) is 4.79 Å². The van der Waals surface area contributed by atoms with Crippen LogP contribution in [0.15, 0.2) is 4.99 Å². The molecule has 0 aliphatic heterocycles. The Morgan fingerprint density at radius 3 is 1.14 bits per heavy atom. The number of aliphatic hydroxyl groups is 5. The van der Waals surface area contributed by atoms with Crippen LogP contribution in [0.2, 0.25) is 0 Å². The monoisotopic (exact) mass is 1050 g/mol. The molecule has 0 aromatic carbocycles. The minimum absolute atomic E-state index is 0.0344.